The molecule has 1 aliphatic rings. The molecule has 0 aromatic carbocycles. The minimum absolute atomic E-state index is 0.0496. The van der Waals surface area contributed by atoms with Crippen molar-refractivity contribution in [1.29, 1.82) is 0 Å². The second-order valence-electron chi connectivity index (χ2n) is 4.07. The fourth-order valence-corrected chi connectivity index (χ4v) is 1.77. The molecule has 0 bridgehead atoms. The SMILES string of the molecule is CCOC(=O)NCC1(c2ccccn2)CC1. The van der Waals surface area contributed by atoms with Gasteiger partial charge < -0.3 is 10.1 Å². The maximum absolute atomic E-state index is 11.2. The van der Waals surface area contributed by atoms with Crippen molar-refractivity contribution >= 4 is 6.09 Å². The molecule has 2 rings (SSSR count). The zero-order chi connectivity index (χ0) is 11.4. The summed E-state index contributed by atoms with van der Waals surface area (Å²) in [4.78, 5) is 15.5. The van der Waals surface area contributed by atoms with Crippen molar-refractivity contribution in [3.05, 3.63) is 30.1 Å². The molecule has 0 atom stereocenters. The maximum atomic E-state index is 11.2. The third kappa shape index (κ3) is 2.32. The van der Waals surface area contributed by atoms with Gasteiger partial charge in [0.25, 0.3) is 0 Å². The van der Waals surface area contributed by atoms with Crippen LogP contribution in [0.25, 0.3) is 0 Å². The van der Waals surface area contributed by atoms with E-state index in [1.54, 1.807) is 13.1 Å². The lowest BCUT2D eigenvalue weighted by molar-refractivity contribution is 0.151. The number of ether oxygens (including phenoxy) is 1. The van der Waals surface area contributed by atoms with Gasteiger partial charge in [0.15, 0.2) is 0 Å². The molecule has 1 aliphatic carbocycles. The third-order valence-corrected chi connectivity index (χ3v) is 2.91. The van der Waals surface area contributed by atoms with Crippen LogP contribution in [0.3, 0.4) is 0 Å². The second-order valence-corrected chi connectivity index (χ2v) is 4.07. The number of pyridine rings is 1. The molecule has 0 aliphatic heterocycles. The Morgan fingerprint density at radius 1 is 1.56 bits per heavy atom. The quantitative estimate of drug-likeness (QED) is 0.842. The largest absolute Gasteiger partial charge is 0.450 e. The topological polar surface area (TPSA) is 51.2 Å². The Morgan fingerprint density at radius 3 is 2.94 bits per heavy atom. The average molecular weight is 220 g/mol. The van der Waals surface area contributed by atoms with Crippen LogP contribution in [-0.2, 0) is 10.2 Å². The highest BCUT2D eigenvalue weighted by Crippen LogP contribution is 2.46. The molecule has 0 saturated heterocycles. The Hall–Kier alpha value is -1.58. The van der Waals surface area contributed by atoms with E-state index in [1.807, 2.05) is 18.2 Å². The minimum atomic E-state index is -0.343. The van der Waals surface area contributed by atoms with Crippen molar-refractivity contribution in [2.45, 2.75) is 25.2 Å². The summed E-state index contributed by atoms with van der Waals surface area (Å²) in [5.74, 6) is 0. The van der Waals surface area contributed by atoms with Crippen LogP contribution in [0.2, 0.25) is 0 Å². The summed E-state index contributed by atoms with van der Waals surface area (Å²) in [6.45, 7) is 2.82. The molecule has 1 heterocycles. The van der Waals surface area contributed by atoms with Gasteiger partial charge in [-0.3, -0.25) is 4.98 Å². The molecule has 1 amide bonds. The van der Waals surface area contributed by atoms with Gasteiger partial charge in [-0.1, -0.05) is 6.07 Å². The van der Waals surface area contributed by atoms with Gasteiger partial charge in [0.2, 0.25) is 0 Å². The van der Waals surface area contributed by atoms with E-state index >= 15 is 0 Å². The molecule has 16 heavy (non-hydrogen) atoms. The smallest absolute Gasteiger partial charge is 0.407 e. The molecule has 4 nitrogen and oxygen atoms in total. The number of nitrogens with zero attached hydrogens (tertiary/aromatic N) is 1. The van der Waals surface area contributed by atoms with E-state index < -0.39 is 0 Å². The Labute approximate surface area is 95.0 Å². The fourth-order valence-electron chi connectivity index (χ4n) is 1.77. The van der Waals surface area contributed by atoms with Gasteiger partial charge in [0.05, 0.1) is 6.61 Å². The van der Waals surface area contributed by atoms with Crippen LogP contribution in [-0.4, -0.2) is 24.2 Å². The summed E-state index contributed by atoms with van der Waals surface area (Å²) in [6.07, 6.45) is 3.61. The first kappa shape index (κ1) is 10.9. The summed E-state index contributed by atoms with van der Waals surface area (Å²) in [5, 5.41) is 2.78. The van der Waals surface area contributed by atoms with Gasteiger partial charge in [-0.05, 0) is 31.9 Å². The van der Waals surface area contributed by atoms with Crippen LogP contribution in [0.5, 0.6) is 0 Å². The molecule has 1 fully saturated rings. The lowest BCUT2D eigenvalue weighted by Crippen LogP contribution is -2.33. The first-order valence-electron chi connectivity index (χ1n) is 5.59. The van der Waals surface area contributed by atoms with Gasteiger partial charge >= 0.3 is 6.09 Å². The van der Waals surface area contributed by atoms with Crippen molar-refractivity contribution in [3.63, 3.8) is 0 Å². The van der Waals surface area contributed by atoms with Gasteiger partial charge in [-0.2, -0.15) is 0 Å². The number of aromatic nitrogens is 1. The Bertz CT molecular complexity index is 361. The maximum Gasteiger partial charge on any atom is 0.407 e. The minimum Gasteiger partial charge on any atom is -0.450 e. The van der Waals surface area contributed by atoms with Crippen LogP contribution in [0.1, 0.15) is 25.5 Å². The molecule has 86 valence electrons. The molecule has 1 aromatic heterocycles. The summed E-state index contributed by atoms with van der Waals surface area (Å²) in [7, 11) is 0. The third-order valence-electron chi connectivity index (χ3n) is 2.91. The summed E-state index contributed by atoms with van der Waals surface area (Å²) in [6, 6.07) is 5.89. The number of amides is 1. The lowest BCUT2D eigenvalue weighted by atomic mass is 10.0. The molecular weight excluding hydrogens is 204 g/mol. The highest BCUT2D eigenvalue weighted by atomic mass is 16.5. The summed E-state index contributed by atoms with van der Waals surface area (Å²) >= 11 is 0. The molecule has 1 aromatic rings. The standard InChI is InChI=1S/C12H16N2O2/c1-2-16-11(15)14-9-12(6-7-12)10-5-3-4-8-13-10/h3-5,8H,2,6-7,9H2,1H3,(H,14,15). The Kier molecular flexibility index (Phi) is 3.08. The van der Waals surface area contributed by atoms with Gasteiger partial charge in [0.1, 0.15) is 0 Å². The molecule has 1 saturated carbocycles. The van der Waals surface area contributed by atoms with Crippen LogP contribution < -0.4 is 5.32 Å². The van der Waals surface area contributed by atoms with Gasteiger partial charge in [-0.25, -0.2) is 4.79 Å². The first-order chi connectivity index (χ1) is 7.77. The van der Waals surface area contributed by atoms with Crippen molar-refractivity contribution in [2.75, 3.05) is 13.2 Å². The highest BCUT2D eigenvalue weighted by molar-refractivity contribution is 5.67. The number of carbonyl (C=O) groups excluding carboxylic acids is 1. The van der Waals surface area contributed by atoms with Crippen molar-refractivity contribution in [3.8, 4) is 0 Å². The van der Waals surface area contributed by atoms with Crippen molar-refractivity contribution in [1.82, 2.24) is 10.3 Å². The number of hydrogen-bond acceptors (Lipinski definition) is 3. The number of nitrogens with one attached hydrogen (secondary N) is 1. The van der Waals surface area contributed by atoms with Gasteiger partial charge in [0, 0.05) is 23.9 Å². The monoisotopic (exact) mass is 220 g/mol. The first-order valence-corrected chi connectivity index (χ1v) is 5.59. The predicted molar refractivity (Wildman–Crippen MR) is 60.2 cm³/mol. The fraction of sp³-hybridized carbons (Fsp3) is 0.500. The summed E-state index contributed by atoms with van der Waals surface area (Å²) in [5.41, 5.74) is 1.11. The van der Waals surface area contributed by atoms with E-state index in [9.17, 15) is 4.79 Å². The van der Waals surface area contributed by atoms with E-state index in [4.69, 9.17) is 4.74 Å². The number of carbonyl (C=O) groups is 1. The van der Waals surface area contributed by atoms with E-state index in [0.717, 1.165) is 18.5 Å². The van der Waals surface area contributed by atoms with E-state index in [2.05, 4.69) is 10.3 Å². The normalized spacial score (nSPS) is 16.6. The van der Waals surface area contributed by atoms with E-state index in [-0.39, 0.29) is 11.5 Å². The molecule has 0 radical (unpaired) electrons. The Balaban J connectivity index is 1.92. The predicted octanol–water partition coefficient (Wildman–Crippen LogP) is 1.86. The lowest BCUT2D eigenvalue weighted by Gasteiger charge is -2.14. The number of alkyl carbamates (subject to hydrolysis) is 1. The molecule has 4 heteroatoms. The zero-order valence-electron chi connectivity index (χ0n) is 9.40. The number of rotatable bonds is 4. The van der Waals surface area contributed by atoms with E-state index in [1.165, 1.54) is 0 Å². The number of hydrogen-bond donors (Lipinski definition) is 1. The molecular formula is C12H16N2O2. The van der Waals surface area contributed by atoms with Crippen molar-refractivity contribution < 1.29 is 9.53 Å². The average Bonchev–Trinajstić information content (AvgIpc) is 3.09. The highest BCUT2D eigenvalue weighted by Gasteiger charge is 2.45. The Morgan fingerprint density at radius 2 is 2.38 bits per heavy atom. The molecule has 1 N–H and O–H groups in total. The molecule has 0 unspecified atom stereocenters. The zero-order valence-corrected chi connectivity index (χ0v) is 9.40. The van der Waals surface area contributed by atoms with E-state index in [0.29, 0.717) is 13.2 Å². The van der Waals surface area contributed by atoms with Crippen molar-refractivity contribution in [2.24, 2.45) is 0 Å². The molecule has 0 spiro atoms. The van der Waals surface area contributed by atoms with Gasteiger partial charge in [-0.15, -0.1) is 0 Å². The van der Waals surface area contributed by atoms with Crippen LogP contribution in [0, 0.1) is 0 Å². The second kappa shape index (κ2) is 4.51. The summed E-state index contributed by atoms with van der Waals surface area (Å²) < 4.78 is 4.83. The van der Waals surface area contributed by atoms with Crippen LogP contribution >= 0.6 is 0 Å². The van der Waals surface area contributed by atoms with Crippen LogP contribution in [0.4, 0.5) is 4.79 Å². The van der Waals surface area contributed by atoms with Crippen LogP contribution in [0.15, 0.2) is 24.4 Å².